The number of carbonyl (C=O) groups is 3. The molecule has 0 saturated carbocycles. The summed E-state index contributed by atoms with van der Waals surface area (Å²) in [6, 6.07) is 0. The van der Waals surface area contributed by atoms with Crippen molar-refractivity contribution < 1.29 is 29.7 Å². The van der Waals surface area contributed by atoms with Gasteiger partial charge in [0.2, 0.25) is 0 Å². The molecule has 0 radical (unpaired) electrons. The van der Waals surface area contributed by atoms with Gasteiger partial charge in [0.15, 0.2) is 0 Å². The van der Waals surface area contributed by atoms with Gasteiger partial charge in [0, 0.05) is 0 Å². The molecule has 6 heteroatoms. The highest BCUT2D eigenvalue weighted by atomic mass is 16.4. The summed E-state index contributed by atoms with van der Waals surface area (Å²) in [5, 5.41) is 26.2. The van der Waals surface area contributed by atoms with Gasteiger partial charge in [-0.25, -0.2) is 0 Å². The normalized spacial score (nSPS) is 24.6. The molecule has 2 unspecified atom stereocenters. The molecule has 1 aliphatic carbocycles. The third-order valence-corrected chi connectivity index (χ3v) is 2.64. The molecule has 0 heterocycles. The first-order valence-electron chi connectivity index (χ1n) is 4.77. The average Bonchev–Trinajstić information content (AvgIpc) is 2.16. The van der Waals surface area contributed by atoms with Gasteiger partial charge in [0.25, 0.3) is 0 Å². The lowest BCUT2D eigenvalue weighted by Crippen LogP contribution is -2.32. The fourth-order valence-electron chi connectivity index (χ4n) is 1.84. The Morgan fingerprint density at radius 3 is 2.12 bits per heavy atom. The minimum absolute atomic E-state index is 0.00139. The first-order valence-corrected chi connectivity index (χ1v) is 4.77. The summed E-state index contributed by atoms with van der Waals surface area (Å²) >= 11 is 0. The van der Waals surface area contributed by atoms with E-state index in [0.717, 1.165) is 0 Å². The highest BCUT2D eigenvalue weighted by Crippen LogP contribution is 2.31. The molecule has 0 fully saturated rings. The van der Waals surface area contributed by atoms with Crippen LogP contribution in [0, 0.1) is 11.8 Å². The second kappa shape index (κ2) is 4.78. The van der Waals surface area contributed by atoms with Crippen LogP contribution in [0.5, 0.6) is 0 Å². The van der Waals surface area contributed by atoms with Crippen LogP contribution in [0.15, 0.2) is 11.6 Å². The Morgan fingerprint density at radius 1 is 1.12 bits per heavy atom. The molecule has 6 nitrogen and oxygen atoms in total. The predicted molar refractivity (Wildman–Crippen MR) is 51.8 cm³/mol. The topological polar surface area (TPSA) is 112 Å². The molecule has 16 heavy (non-hydrogen) atoms. The lowest BCUT2D eigenvalue weighted by molar-refractivity contribution is -0.154. The summed E-state index contributed by atoms with van der Waals surface area (Å²) in [6.45, 7) is 0. The summed E-state index contributed by atoms with van der Waals surface area (Å²) in [6.07, 6.45) is 1.37. The molecule has 0 aromatic carbocycles. The van der Waals surface area contributed by atoms with Crippen molar-refractivity contribution >= 4 is 17.9 Å². The molecular weight excluding hydrogens is 216 g/mol. The van der Waals surface area contributed by atoms with Crippen LogP contribution >= 0.6 is 0 Å². The van der Waals surface area contributed by atoms with E-state index < -0.39 is 29.7 Å². The standard InChI is InChI=1S/C10H12O6/c11-8(12)4-5-1-2-6(9(13)14)7(3-5)10(15)16/h1,6-7H,2-4H2,(H,11,12)(H,13,14)(H,15,16). The zero-order valence-electron chi connectivity index (χ0n) is 8.42. The lowest BCUT2D eigenvalue weighted by Gasteiger charge is -2.24. The fraction of sp³-hybridized carbons (Fsp3) is 0.500. The number of hydrogen-bond acceptors (Lipinski definition) is 3. The quantitative estimate of drug-likeness (QED) is 0.607. The number of allylic oxidation sites excluding steroid dienone is 1. The minimum atomic E-state index is -1.19. The van der Waals surface area contributed by atoms with Gasteiger partial charge in [0.05, 0.1) is 18.3 Å². The van der Waals surface area contributed by atoms with E-state index in [2.05, 4.69) is 0 Å². The van der Waals surface area contributed by atoms with E-state index in [4.69, 9.17) is 15.3 Å². The first-order chi connectivity index (χ1) is 7.41. The van der Waals surface area contributed by atoms with Gasteiger partial charge in [-0.2, -0.15) is 0 Å². The molecule has 2 atom stereocenters. The Kier molecular flexibility index (Phi) is 3.65. The van der Waals surface area contributed by atoms with Gasteiger partial charge in [0.1, 0.15) is 0 Å². The van der Waals surface area contributed by atoms with Gasteiger partial charge < -0.3 is 15.3 Å². The third-order valence-electron chi connectivity index (χ3n) is 2.64. The molecule has 0 aromatic rings. The van der Waals surface area contributed by atoms with Crippen molar-refractivity contribution in [3.8, 4) is 0 Å². The summed E-state index contributed by atoms with van der Waals surface area (Å²) < 4.78 is 0. The number of carboxylic acid groups (broad SMARTS) is 3. The van der Waals surface area contributed by atoms with E-state index in [0.29, 0.717) is 5.57 Å². The molecule has 0 spiro atoms. The molecule has 1 aliphatic rings. The highest BCUT2D eigenvalue weighted by molar-refractivity contribution is 5.81. The molecule has 0 aromatic heterocycles. The largest absolute Gasteiger partial charge is 0.481 e. The number of carboxylic acids is 3. The molecule has 3 N–H and O–H groups in total. The first kappa shape index (κ1) is 12.2. The van der Waals surface area contributed by atoms with E-state index in [-0.39, 0.29) is 19.3 Å². The van der Waals surface area contributed by atoms with Crippen molar-refractivity contribution in [2.24, 2.45) is 11.8 Å². The summed E-state index contributed by atoms with van der Waals surface area (Å²) in [7, 11) is 0. The molecule has 88 valence electrons. The van der Waals surface area contributed by atoms with Crippen molar-refractivity contribution in [1.82, 2.24) is 0 Å². The zero-order valence-corrected chi connectivity index (χ0v) is 8.42. The zero-order chi connectivity index (χ0) is 12.3. The molecule has 0 amide bonds. The average molecular weight is 228 g/mol. The predicted octanol–water partition coefficient (Wildman–Crippen LogP) is 0.583. The fourth-order valence-corrected chi connectivity index (χ4v) is 1.84. The summed E-state index contributed by atoms with van der Waals surface area (Å²) in [5.41, 5.74) is 0.484. The van der Waals surface area contributed by atoms with Crippen molar-refractivity contribution in [1.29, 1.82) is 0 Å². The SMILES string of the molecule is O=C(O)CC1=CCC(C(=O)O)C(C(=O)O)C1. The molecule has 1 rings (SSSR count). The van der Waals surface area contributed by atoms with Gasteiger partial charge in [-0.3, -0.25) is 14.4 Å². The van der Waals surface area contributed by atoms with Gasteiger partial charge in [-0.15, -0.1) is 0 Å². The molecule has 0 bridgehead atoms. The monoisotopic (exact) mass is 228 g/mol. The third kappa shape index (κ3) is 2.82. The second-order valence-corrected chi connectivity index (χ2v) is 3.76. The number of aliphatic carboxylic acids is 3. The molecule has 0 aliphatic heterocycles. The minimum Gasteiger partial charge on any atom is -0.481 e. The van der Waals surface area contributed by atoms with Crippen molar-refractivity contribution in [3.05, 3.63) is 11.6 Å². The maximum atomic E-state index is 10.9. The Balaban J connectivity index is 2.82. The van der Waals surface area contributed by atoms with E-state index in [9.17, 15) is 14.4 Å². The van der Waals surface area contributed by atoms with Crippen LogP contribution in [0.25, 0.3) is 0 Å². The van der Waals surface area contributed by atoms with Crippen molar-refractivity contribution in [3.63, 3.8) is 0 Å². The Hall–Kier alpha value is -1.85. The van der Waals surface area contributed by atoms with Crippen LogP contribution in [0.1, 0.15) is 19.3 Å². The van der Waals surface area contributed by atoms with Gasteiger partial charge in [-0.1, -0.05) is 11.6 Å². The summed E-state index contributed by atoms with van der Waals surface area (Å²) in [4.78, 5) is 32.1. The maximum Gasteiger partial charge on any atom is 0.307 e. The van der Waals surface area contributed by atoms with Crippen molar-refractivity contribution in [2.75, 3.05) is 0 Å². The highest BCUT2D eigenvalue weighted by Gasteiger charge is 2.36. The van der Waals surface area contributed by atoms with E-state index in [1.165, 1.54) is 6.08 Å². The Bertz CT molecular complexity index is 356. The van der Waals surface area contributed by atoms with E-state index in [1.54, 1.807) is 0 Å². The van der Waals surface area contributed by atoms with Gasteiger partial charge in [-0.05, 0) is 12.8 Å². The van der Waals surface area contributed by atoms with Crippen LogP contribution in [-0.2, 0) is 14.4 Å². The van der Waals surface area contributed by atoms with Crippen LogP contribution in [0.4, 0.5) is 0 Å². The molecule has 0 saturated heterocycles. The van der Waals surface area contributed by atoms with Gasteiger partial charge >= 0.3 is 17.9 Å². The van der Waals surface area contributed by atoms with Crippen LogP contribution in [0.3, 0.4) is 0 Å². The Morgan fingerprint density at radius 2 is 1.69 bits per heavy atom. The summed E-state index contributed by atoms with van der Waals surface area (Å²) in [5.74, 6) is -5.38. The van der Waals surface area contributed by atoms with E-state index in [1.807, 2.05) is 0 Å². The van der Waals surface area contributed by atoms with E-state index >= 15 is 0 Å². The number of rotatable bonds is 4. The van der Waals surface area contributed by atoms with Crippen LogP contribution in [0.2, 0.25) is 0 Å². The molecular formula is C10H12O6. The number of hydrogen-bond donors (Lipinski definition) is 3. The van der Waals surface area contributed by atoms with Crippen LogP contribution in [-0.4, -0.2) is 33.2 Å². The smallest absolute Gasteiger partial charge is 0.307 e. The lowest BCUT2D eigenvalue weighted by atomic mass is 9.79. The van der Waals surface area contributed by atoms with Crippen molar-refractivity contribution in [2.45, 2.75) is 19.3 Å². The van der Waals surface area contributed by atoms with Crippen LogP contribution < -0.4 is 0 Å². The maximum absolute atomic E-state index is 10.9. The Labute approximate surface area is 91.2 Å². The second-order valence-electron chi connectivity index (χ2n) is 3.76.